The molecule has 0 saturated carbocycles. The predicted molar refractivity (Wildman–Crippen MR) is 81.3 cm³/mol. The summed E-state index contributed by atoms with van der Waals surface area (Å²) in [5.41, 5.74) is 0.511. The minimum Gasteiger partial charge on any atom is -0.376 e. The molecule has 0 radical (unpaired) electrons. The Morgan fingerprint density at radius 1 is 1.50 bits per heavy atom. The molecule has 136 valence electrons. The van der Waals surface area contributed by atoms with Crippen LogP contribution in [0.4, 0.5) is 18.0 Å². The van der Waals surface area contributed by atoms with E-state index in [-0.39, 0.29) is 24.7 Å². The van der Waals surface area contributed by atoms with Crippen molar-refractivity contribution in [3.8, 4) is 0 Å². The SMILES string of the molecule is CCC(NC(=O)NCc1cnn(CC(F)(F)F)c1)C1CCCCO1. The van der Waals surface area contributed by atoms with E-state index in [1.54, 1.807) is 0 Å². The first-order valence-electron chi connectivity index (χ1n) is 8.11. The lowest BCUT2D eigenvalue weighted by Crippen LogP contribution is -2.48. The van der Waals surface area contributed by atoms with Crippen molar-refractivity contribution in [3.05, 3.63) is 18.0 Å². The number of ether oxygens (including phenoxy) is 1. The lowest BCUT2D eigenvalue weighted by Gasteiger charge is -2.30. The van der Waals surface area contributed by atoms with Crippen LogP contribution in [-0.2, 0) is 17.8 Å². The Bertz CT molecular complexity index is 527. The van der Waals surface area contributed by atoms with Crippen LogP contribution in [0.1, 0.15) is 38.2 Å². The first-order valence-corrected chi connectivity index (χ1v) is 8.11. The number of nitrogens with one attached hydrogen (secondary N) is 2. The number of rotatable bonds is 6. The maximum atomic E-state index is 12.3. The van der Waals surface area contributed by atoms with E-state index in [0.29, 0.717) is 12.2 Å². The largest absolute Gasteiger partial charge is 0.408 e. The zero-order valence-corrected chi connectivity index (χ0v) is 13.6. The van der Waals surface area contributed by atoms with Crippen molar-refractivity contribution in [3.63, 3.8) is 0 Å². The number of nitrogens with zero attached hydrogens (tertiary/aromatic N) is 2. The average molecular weight is 348 g/mol. The molecule has 2 N–H and O–H groups in total. The van der Waals surface area contributed by atoms with Gasteiger partial charge in [-0.25, -0.2) is 4.79 Å². The highest BCUT2D eigenvalue weighted by molar-refractivity contribution is 5.74. The molecule has 0 aliphatic carbocycles. The molecule has 0 spiro atoms. The van der Waals surface area contributed by atoms with Gasteiger partial charge in [-0.2, -0.15) is 18.3 Å². The van der Waals surface area contributed by atoms with E-state index in [2.05, 4.69) is 15.7 Å². The number of halogens is 3. The number of carbonyl (C=O) groups excluding carboxylic acids is 1. The molecule has 1 aromatic rings. The number of alkyl halides is 3. The summed E-state index contributed by atoms with van der Waals surface area (Å²) in [4.78, 5) is 12.0. The Balaban J connectivity index is 1.77. The lowest BCUT2D eigenvalue weighted by atomic mass is 10.0. The third-order valence-corrected chi connectivity index (χ3v) is 3.90. The zero-order chi connectivity index (χ0) is 17.6. The molecule has 24 heavy (non-hydrogen) atoms. The third-order valence-electron chi connectivity index (χ3n) is 3.90. The molecule has 2 unspecified atom stereocenters. The minimum absolute atomic E-state index is 0.0176. The Labute approximate surface area is 138 Å². The molecule has 1 saturated heterocycles. The molecule has 0 aromatic carbocycles. The van der Waals surface area contributed by atoms with Gasteiger partial charge in [-0.1, -0.05) is 6.92 Å². The van der Waals surface area contributed by atoms with E-state index in [1.165, 1.54) is 12.4 Å². The van der Waals surface area contributed by atoms with E-state index >= 15 is 0 Å². The molecular formula is C15H23F3N4O2. The summed E-state index contributed by atoms with van der Waals surface area (Å²) in [6.45, 7) is 1.66. The summed E-state index contributed by atoms with van der Waals surface area (Å²) < 4.78 is 43.3. The van der Waals surface area contributed by atoms with Crippen molar-refractivity contribution in [2.45, 2.75) is 64.0 Å². The molecule has 2 amide bonds. The van der Waals surface area contributed by atoms with Crippen molar-refractivity contribution < 1.29 is 22.7 Å². The van der Waals surface area contributed by atoms with Crippen molar-refractivity contribution in [2.24, 2.45) is 0 Å². The molecule has 2 rings (SSSR count). The van der Waals surface area contributed by atoms with Gasteiger partial charge in [0.2, 0.25) is 0 Å². The van der Waals surface area contributed by atoms with Gasteiger partial charge < -0.3 is 15.4 Å². The van der Waals surface area contributed by atoms with Crippen LogP contribution < -0.4 is 10.6 Å². The van der Waals surface area contributed by atoms with Gasteiger partial charge in [-0.3, -0.25) is 4.68 Å². The molecule has 6 nitrogen and oxygen atoms in total. The van der Waals surface area contributed by atoms with Crippen molar-refractivity contribution >= 4 is 6.03 Å². The van der Waals surface area contributed by atoms with Gasteiger partial charge in [0.15, 0.2) is 0 Å². The van der Waals surface area contributed by atoms with E-state index in [0.717, 1.165) is 30.4 Å². The van der Waals surface area contributed by atoms with Crippen molar-refractivity contribution in [1.29, 1.82) is 0 Å². The van der Waals surface area contributed by atoms with Crippen LogP contribution in [0.5, 0.6) is 0 Å². The summed E-state index contributed by atoms with van der Waals surface area (Å²) in [6, 6.07) is -0.433. The monoisotopic (exact) mass is 348 g/mol. The second kappa shape index (κ2) is 8.36. The number of urea groups is 1. The second-order valence-corrected chi connectivity index (χ2v) is 5.91. The first-order chi connectivity index (χ1) is 11.4. The standard InChI is InChI=1S/C15H23F3N4O2/c1-2-12(13-5-3-4-6-24-13)21-14(23)19-7-11-8-20-22(9-11)10-15(16,17)18/h8-9,12-13H,2-7,10H2,1H3,(H2,19,21,23). The van der Waals surface area contributed by atoms with E-state index < -0.39 is 12.7 Å². The smallest absolute Gasteiger partial charge is 0.376 e. The Kier molecular flexibility index (Phi) is 6.47. The summed E-state index contributed by atoms with van der Waals surface area (Å²) in [5.74, 6) is 0. The topological polar surface area (TPSA) is 68.2 Å². The van der Waals surface area contributed by atoms with Crippen LogP contribution in [0.15, 0.2) is 12.4 Å². The molecule has 0 bridgehead atoms. The van der Waals surface area contributed by atoms with Gasteiger partial charge in [-0.15, -0.1) is 0 Å². The van der Waals surface area contributed by atoms with Gasteiger partial charge in [0.25, 0.3) is 0 Å². The Hall–Kier alpha value is -1.77. The van der Waals surface area contributed by atoms with E-state index in [4.69, 9.17) is 4.74 Å². The molecule has 2 atom stereocenters. The molecular weight excluding hydrogens is 325 g/mol. The average Bonchev–Trinajstić information content (AvgIpc) is 2.97. The molecule has 2 heterocycles. The highest BCUT2D eigenvalue weighted by Gasteiger charge is 2.28. The van der Waals surface area contributed by atoms with Crippen LogP contribution >= 0.6 is 0 Å². The maximum Gasteiger partial charge on any atom is 0.408 e. The summed E-state index contributed by atoms with van der Waals surface area (Å²) in [6.07, 6.45) is 2.09. The van der Waals surface area contributed by atoms with Crippen LogP contribution in [0.3, 0.4) is 0 Å². The third kappa shape index (κ3) is 6.03. The fraction of sp³-hybridized carbons (Fsp3) is 0.733. The summed E-state index contributed by atoms with van der Waals surface area (Å²) >= 11 is 0. The molecule has 9 heteroatoms. The zero-order valence-electron chi connectivity index (χ0n) is 13.6. The molecule has 1 fully saturated rings. The fourth-order valence-electron chi connectivity index (χ4n) is 2.71. The Morgan fingerprint density at radius 3 is 2.92 bits per heavy atom. The molecule has 1 aromatic heterocycles. The maximum absolute atomic E-state index is 12.3. The van der Waals surface area contributed by atoms with Crippen LogP contribution in [0, 0.1) is 0 Å². The van der Waals surface area contributed by atoms with Gasteiger partial charge in [0.1, 0.15) is 6.54 Å². The van der Waals surface area contributed by atoms with Crippen LogP contribution in [-0.4, -0.2) is 40.7 Å². The minimum atomic E-state index is -4.32. The lowest BCUT2D eigenvalue weighted by molar-refractivity contribution is -0.142. The van der Waals surface area contributed by atoms with Crippen molar-refractivity contribution in [2.75, 3.05) is 6.61 Å². The van der Waals surface area contributed by atoms with Gasteiger partial charge in [-0.05, 0) is 25.7 Å². The number of amides is 2. The first kappa shape index (κ1) is 18.6. The highest BCUT2D eigenvalue weighted by atomic mass is 19.4. The number of hydrogen-bond donors (Lipinski definition) is 2. The van der Waals surface area contributed by atoms with Crippen LogP contribution in [0.25, 0.3) is 0 Å². The number of aromatic nitrogens is 2. The highest BCUT2D eigenvalue weighted by Crippen LogP contribution is 2.18. The van der Waals surface area contributed by atoms with Gasteiger partial charge in [0.05, 0.1) is 18.3 Å². The second-order valence-electron chi connectivity index (χ2n) is 5.91. The normalized spacial score (nSPS) is 19.8. The number of hydrogen-bond acceptors (Lipinski definition) is 3. The van der Waals surface area contributed by atoms with E-state index in [1.807, 2.05) is 6.92 Å². The summed E-state index contributed by atoms with van der Waals surface area (Å²) in [5, 5.41) is 9.14. The number of carbonyl (C=O) groups is 1. The predicted octanol–water partition coefficient (Wildman–Crippen LogP) is 2.59. The van der Waals surface area contributed by atoms with E-state index in [9.17, 15) is 18.0 Å². The molecule has 1 aliphatic heterocycles. The summed E-state index contributed by atoms with van der Waals surface area (Å²) in [7, 11) is 0. The molecule has 1 aliphatic rings. The van der Waals surface area contributed by atoms with Gasteiger partial charge >= 0.3 is 12.2 Å². The van der Waals surface area contributed by atoms with Crippen molar-refractivity contribution in [1.82, 2.24) is 20.4 Å². The van der Waals surface area contributed by atoms with Gasteiger partial charge in [0, 0.05) is 24.9 Å². The quantitative estimate of drug-likeness (QED) is 0.830. The van der Waals surface area contributed by atoms with Crippen LogP contribution in [0.2, 0.25) is 0 Å². The Morgan fingerprint density at radius 2 is 2.29 bits per heavy atom. The fourth-order valence-corrected chi connectivity index (χ4v) is 2.71.